The molecule has 3 heteroatoms. The Kier molecular flexibility index (Phi) is 4.89. The maximum atomic E-state index is 12.2. The zero-order valence-corrected chi connectivity index (χ0v) is 12.9. The first-order chi connectivity index (χ1) is 10.5. The molecule has 2 rings (SSSR count). The van der Waals surface area contributed by atoms with Crippen LogP contribution in [0.2, 0.25) is 0 Å². The molecule has 0 aromatic heterocycles. The summed E-state index contributed by atoms with van der Waals surface area (Å²) < 4.78 is 4.74. The Hall–Kier alpha value is -2.68. The van der Waals surface area contributed by atoms with E-state index in [1.54, 1.807) is 30.3 Å². The predicted molar refractivity (Wildman–Crippen MR) is 87.1 cm³/mol. The van der Waals surface area contributed by atoms with Gasteiger partial charge in [0.2, 0.25) is 0 Å². The Bertz CT molecular complexity index is 742. The minimum absolute atomic E-state index is 0.0947. The van der Waals surface area contributed by atoms with Crippen LogP contribution in [0.5, 0.6) is 0 Å². The van der Waals surface area contributed by atoms with Crippen LogP contribution in [-0.4, -0.2) is 18.9 Å². The van der Waals surface area contributed by atoms with Crippen molar-refractivity contribution in [2.45, 2.75) is 13.8 Å². The fraction of sp³-hybridized carbons (Fsp3) is 0.158. The Morgan fingerprint density at radius 2 is 1.73 bits per heavy atom. The van der Waals surface area contributed by atoms with Crippen molar-refractivity contribution in [3.05, 3.63) is 76.4 Å². The molecule has 0 aliphatic carbocycles. The minimum Gasteiger partial charge on any atom is -0.465 e. The third-order valence-electron chi connectivity index (χ3n) is 3.57. The first kappa shape index (κ1) is 15.7. The molecule has 0 bridgehead atoms. The fourth-order valence-electron chi connectivity index (χ4n) is 2.09. The van der Waals surface area contributed by atoms with Gasteiger partial charge < -0.3 is 4.74 Å². The van der Waals surface area contributed by atoms with Crippen LogP contribution in [0.3, 0.4) is 0 Å². The van der Waals surface area contributed by atoms with Crippen molar-refractivity contribution < 1.29 is 14.3 Å². The normalized spacial score (nSPS) is 10.7. The smallest absolute Gasteiger partial charge is 0.338 e. The molecule has 0 aliphatic rings. The summed E-state index contributed by atoms with van der Waals surface area (Å²) >= 11 is 0. The molecule has 3 nitrogen and oxygen atoms in total. The lowest BCUT2D eigenvalue weighted by atomic mass is 10.0. The average molecular weight is 294 g/mol. The summed E-state index contributed by atoms with van der Waals surface area (Å²) in [6, 6.07) is 12.6. The second-order valence-corrected chi connectivity index (χ2v) is 5.08. The van der Waals surface area contributed by atoms with E-state index in [1.807, 2.05) is 32.0 Å². The number of carbonyl (C=O) groups is 2. The number of ether oxygens (including phenoxy) is 1. The number of esters is 1. The molecule has 2 aromatic carbocycles. The van der Waals surface area contributed by atoms with E-state index < -0.39 is 5.97 Å². The van der Waals surface area contributed by atoms with Crippen LogP contribution < -0.4 is 0 Å². The lowest BCUT2D eigenvalue weighted by Gasteiger charge is -2.04. The van der Waals surface area contributed by atoms with Gasteiger partial charge in [-0.2, -0.15) is 0 Å². The number of hydrogen-bond donors (Lipinski definition) is 0. The van der Waals surface area contributed by atoms with Crippen LogP contribution in [0.15, 0.2) is 48.5 Å². The van der Waals surface area contributed by atoms with E-state index in [1.165, 1.54) is 13.2 Å². The number of rotatable bonds is 4. The molecule has 22 heavy (non-hydrogen) atoms. The van der Waals surface area contributed by atoms with Crippen molar-refractivity contribution in [3.63, 3.8) is 0 Å². The van der Waals surface area contributed by atoms with Crippen molar-refractivity contribution in [1.29, 1.82) is 0 Å². The van der Waals surface area contributed by atoms with E-state index in [0.29, 0.717) is 16.7 Å². The number of carbonyl (C=O) groups excluding carboxylic acids is 2. The SMILES string of the molecule is COC(=O)c1ccccc1/C=C/C(=O)c1ccc(C)c(C)c1. The summed E-state index contributed by atoms with van der Waals surface area (Å²) in [6.45, 7) is 3.98. The molecule has 0 atom stereocenters. The van der Waals surface area contributed by atoms with Crippen molar-refractivity contribution in [3.8, 4) is 0 Å². The number of ketones is 1. The molecule has 0 saturated heterocycles. The Morgan fingerprint density at radius 3 is 2.41 bits per heavy atom. The molecular formula is C19H18O3. The van der Waals surface area contributed by atoms with E-state index in [0.717, 1.165) is 11.1 Å². The Morgan fingerprint density at radius 1 is 1.00 bits per heavy atom. The van der Waals surface area contributed by atoms with E-state index in [4.69, 9.17) is 4.74 Å². The fourth-order valence-corrected chi connectivity index (χ4v) is 2.09. The largest absolute Gasteiger partial charge is 0.465 e. The Labute approximate surface area is 130 Å². The molecule has 0 unspecified atom stereocenters. The van der Waals surface area contributed by atoms with E-state index in [2.05, 4.69) is 0 Å². The zero-order chi connectivity index (χ0) is 16.1. The number of hydrogen-bond acceptors (Lipinski definition) is 3. The van der Waals surface area contributed by atoms with Crippen LogP contribution in [0.1, 0.15) is 37.4 Å². The summed E-state index contributed by atoms with van der Waals surface area (Å²) in [5.41, 5.74) is 3.96. The van der Waals surface area contributed by atoms with Gasteiger partial charge in [0.05, 0.1) is 12.7 Å². The van der Waals surface area contributed by atoms with Gasteiger partial charge in [0.15, 0.2) is 5.78 Å². The van der Waals surface area contributed by atoms with Crippen molar-refractivity contribution >= 4 is 17.8 Å². The molecule has 2 aromatic rings. The van der Waals surface area contributed by atoms with Crippen molar-refractivity contribution in [2.75, 3.05) is 7.11 Å². The van der Waals surface area contributed by atoms with Crippen molar-refractivity contribution in [1.82, 2.24) is 0 Å². The third-order valence-corrected chi connectivity index (χ3v) is 3.57. The van der Waals surface area contributed by atoms with Crippen LogP contribution in [0, 0.1) is 13.8 Å². The average Bonchev–Trinajstić information content (AvgIpc) is 2.54. The monoisotopic (exact) mass is 294 g/mol. The first-order valence-electron chi connectivity index (χ1n) is 7.00. The third kappa shape index (κ3) is 3.50. The number of allylic oxidation sites excluding steroid dienone is 1. The maximum absolute atomic E-state index is 12.2. The minimum atomic E-state index is -0.418. The van der Waals surface area contributed by atoms with E-state index >= 15 is 0 Å². The second-order valence-electron chi connectivity index (χ2n) is 5.08. The number of methoxy groups -OCH3 is 1. The quantitative estimate of drug-likeness (QED) is 0.486. The second kappa shape index (κ2) is 6.85. The summed E-state index contributed by atoms with van der Waals surface area (Å²) in [5, 5.41) is 0. The maximum Gasteiger partial charge on any atom is 0.338 e. The van der Waals surface area contributed by atoms with Gasteiger partial charge in [-0.05, 0) is 48.7 Å². The molecule has 0 spiro atoms. The van der Waals surface area contributed by atoms with E-state index in [9.17, 15) is 9.59 Å². The van der Waals surface area contributed by atoms with Crippen LogP contribution >= 0.6 is 0 Å². The molecule has 0 N–H and O–H groups in total. The molecule has 0 fully saturated rings. The van der Waals surface area contributed by atoms with Gasteiger partial charge in [0.25, 0.3) is 0 Å². The van der Waals surface area contributed by atoms with Crippen LogP contribution in [0.4, 0.5) is 0 Å². The predicted octanol–water partition coefficient (Wildman–Crippen LogP) is 3.99. The van der Waals surface area contributed by atoms with Crippen LogP contribution in [0.25, 0.3) is 6.08 Å². The topological polar surface area (TPSA) is 43.4 Å². The molecule has 0 heterocycles. The van der Waals surface area contributed by atoms with Gasteiger partial charge in [0.1, 0.15) is 0 Å². The molecular weight excluding hydrogens is 276 g/mol. The van der Waals surface area contributed by atoms with Gasteiger partial charge in [0, 0.05) is 5.56 Å². The van der Waals surface area contributed by atoms with Crippen molar-refractivity contribution in [2.24, 2.45) is 0 Å². The highest BCUT2D eigenvalue weighted by Crippen LogP contribution is 2.14. The highest BCUT2D eigenvalue weighted by Gasteiger charge is 2.09. The molecule has 0 amide bonds. The molecule has 0 saturated carbocycles. The summed E-state index contributed by atoms with van der Waals surface area (Å²) in [5.74, 6) is -0.512. The summed E-state index contributed by atoms with van der Waals surface area (Å²) in [7, 11) is 1.34. The zero-order valence-electron chi connectivity index (χ0n) is 12.9. The number of aryl methyl sites for hydroxylation is 2. The highest BCUT2D eigenvalue weighted by molar-refractivity contribution is 6.07. The lowest BCUT2D eigenvalue weighted by Crippen LogP contribution is -2.03. The first-order valence-corrected chi connectivity index (χ1v) is 7.00. The van der Waals surface area contributed by atoms with Gasteiger partial charge in [-0.1, -0.05) is 36.4 Å². The summed E-state index contributed by atoms with van der Waals surface area (Å²) in [6.07, 6.45) is 3.12. The highest BCUT2D eigenvalue weighted by atomic mass is 16.5. The molecule has 0 aliphatic heterocycles. The lowest BCUT2D eigenvalue weighted by molar-refractivity contribution is 0.0600. The van der Waals surface area contributed by atoms with Gasteiger partial charge in [-0.3, -0.25) is 4.79 Å². The van der Waals surface area contributed by atoms with E-state index in [-0.39, 0.29) is 5.78 Å². The standard InChI is InChI=1S/C19H18O3/c1-13-8-9-16(12-14(13)2)18(20)11-10-15-6-4-5-7-17(15)19(21)22-3/h4-12H,1-3H3/b11-10+. The molecule has 0 radical (unpaired) electrons. The number of benzene rings is 2. The van der Waals surface area contributed by atoms with Gasteiger partial charge >= 0.3 is 5.97 Å². The summed E-state index contributed by atoms with van der Waals surface area (Å²) in [4.78, 5) is 23.9. The molecule has 112 valence electrons. The Balaban J connectivity index is 2.26. The van der Waals surface area contributed by atoms with Crippen LogP contribution in [-0.2, 0) is 4.74 Å². The van der Waals surface area contributed by atoms with Gasteiger partial charge in [-0.15, -0.1) is 0 Å². The van der Waals surface area contributed by atoms with Gasteiger partial charge in [-0.25, -0.2) is 4.79 Å².